The first kappa shape index (κ1) is 17.8. The second kappa shape index (κ2) is 8.35. The Balaban J connectivity index is 1.92. The highest BCUT2D eigenvalue weighted by atomic mass is 32.2. The summed E-state index contributed by atoms with van der Waals surface area (Å²) in [5, 5.41) is 11.7. The van der Waals surface area contributed by atoms with Gasteiger partial charge in [-0.05, 0) is 30.4 Å². The molecule has 1 aromatic heterocycles. The van der Waals surface area contributed by atoms with Gasteiger partial charge in [-0.25, -0.2) is 4.39 Å². The van der Waals surface area contributed by atoms with E-state index in [1.807, 2.05) is 18.5 Å². The van der Waals surface area contributed by atoms with Crippen molar-refractivity contribution in [2.75, 3.05) is 16.8 Å². The van der Waals surface area contributed by atoms with E-state index in [4.69, 9.17) is 0 Å². The largest absolute Gasteiger partial charge is 0.325 e. The minimum absolute atomic E-state index is 0.197. The fourth-order valence-corrected chi connectivity index (χ4v) is 3.20. The van der Waals surface area contributed by atoms with Crippen molar-refractivity contribution in [2.24, 2.45) is 7.05 Å². The number of aryl methyl sites for hydroxylation is 1. The number of benzene rings is 1. The summed E-state index contributed by atoms with van der Waals surface area (Å²) in [7, 11) is 1.89. The van der Waals surface area contributed by atoms with Crippen LogP contribution in [0.25, 0.3) is 0 Å². The summed E-state index contributed by atoms with van der Waals surface area (Å²) in [6.45, 7) is 3.91. The monoisotopic (exact) mass is 354 g/mol. The minimum atomic E-state index is -0.370. The fourth-order valence-electron chi connectivity index (χ4n) is 1.84. The number of halogens is 1. The van der Waals surface area contributed by atoms with Crippen LogP contribution < -0.4 is 5.32 Å². The average molecular weight is 354 g/mol. The number of nitrogens with zero attached hydrogens (tertiary/aromatic N) is 3. The molecule has 2 rings (SSSR count). The Morgan fingerprint density at radius 3 is 2.91 bits per heavy atom. The molecule has 0 spiro atoms. The molecule has 0 aliphatic carbocycles. The van der Waals surface area contributed by atoms with E-state index >= 15 is 0 Å². The zero-order valence-corrected chi connectivity index (χ0v) is 14.9. The van der Waals surface area contributed by atoms with Crippen molar-refractivity contribution < 1.29 is 9.18 Å². The first-order chi connectivity index (χ1) is 11.0. The van der Waals surface area contributed by atoms with E-state index in [0.29, 0.717) is 10.8 Å². The highest BCUT2D eigenvalue weighted by molar-refractivity contribution is 7.99. The summed E-state index contributed by atoms with van der Waals surface area (Å²) < 4.78 is 15.1. The van der Waals surface area contributed by atoms with Crippen LogP contribution in [-0.2, 0) is 17.6 Å². The van der Waals surface area contributed by atoms with E-state index in [1.54, 1.807) is 17.8 Å². The van der Waals surface area contributed by atoms with E-state index in [-0.39, 0.29) is 17.5 Å². The topological polar surface area (TPSA) is 59.8 Å². The SMILES string of the molecule is CCSCc1nnc(SCC(=O)Nc2cc(F)ccc2C)n1C. The number of anilines is 1. The molecule has 0 aliphatic heterocycles. The zero-order chi connectivity index (χ0) is 16.8. The Kier molecular flexibility index (Phi) is 6.47. The van der Waals surface area contributed by atoms with Gasteiger partial charge in [-0.3, -0.25) is 4.79 Å². The number of aromatic nitrogens is 3. The van der Waals surface area contributed by atoms with Crippen molar-refractivity contribution in [1.29, 1.82) is 0 Å². The third kappa shape index (κ3) is 4.97. The fraction of sp³-hybridized carbons (Fsp3) is 0.400. The number of hydrogen-bond donors (Lipinski definition) is 1. The van der Waals surface area contributed by atoms with Crippen LogP contribution >= 0.6 is 23.5 Å². The van der Waals surface area contributed by atoms with Crippen LogP contribution in [-0.4, -0.2) is 32.2 Å². The maximum absolute atomic E-state index is 13.2. The third-order valence-electron chi connectivity index (χ3n) is 3.17. The van der Waals surface area contributed by atoms with Gasteiger partial charge in [0.05, 0.1) is 11.5 Å². The van der Waals surface area contributed by atoms with E-state index in [2.05, 4.69) is 22.4 Å². The molecule has 1 heterocycles. The van der Waals surface area contributed by atoms with Crippen molar-refractivity contribution in [1.82, 2.24) is 14.8 Å². The molecule has 0 atom stereocenters. The van der Waals surface area contributed by atoms with Gasteiger partial charge in [0.1, 0.15) is 11.6 Å². The first-order valence-corrected chi connectivity index (χ1v) is 9.30. The van der Waals surface area contributed by atoms with Gasteiger partial charge in [0.2, 0.25) is 5.91 Å². The second-order valence-electron chi connectivity index (χ2n) is 4.89. The zero-order valence-electron chi connectivity index (χ0n) is 13.3. The van der Waals surface area contributed by atoms with E-state index in [0.717, 1.165) is 22.9 Å². The smallest absolute Gasteiger partial charge is 0.234 e. The molecule has 0 radical (unpaired) electrons. The van der Waals surface area contributed by atoms with Gasteiger partial charge in [-0.1, -0.05) is 24.8 Å². The summed E-state index contributed by atoms with van der Waals surface area (Å²) in [5.74, 6) is 2.34. The van der Waals surface area contributed by atoms with Crippen molar-refractivity contribution in [3.05, 3.63) is 35.4 Å². The van der Waals surface area contributed by atoms with Gasteiger partial charge in [0, 0.05) is 12.7 Å². The number of carbonyl (C=O) groups is 1. The van der Waals surface area contributed by atoms with Crippen LogP contribution in [0.1, 0.15) is 18.3 Å². The van der Waals surface area contributed by atoms with Crippen LogP contribution in [0.5, 0.6) is 0 Å². The lowest BCUT2D eigenvalue weighted by atomic mass is 10.2. The number of amides is 1. The molecule has 8 heteroatoms. The molecule has 5 nitrogen and oxygen atoms in total. The van der Waals surface area contributed by atoms with Crippen molar-refractivity contribution in [3.63, 3.8) is 0 Å². The Bertz CT molecular complexity index is 690. The Morgan fingerprint density at radius 1 is 1.39 bits per heavy atom. The lowest BCUT2D eigenvalue weighted by Gasteiger charge is -2.08. The minimum Gasteiger partial charge on any atom is -0.325 e. The van der Waals surface area contributed by atoms with Crippen LogP contribution in [0, 0.1) is 12.7 Å². The number of thioether (sulfide) groups is 2. The van der Waals surface area contributed by atoms with Gasteiger partial charge in [0.15, 0.2) is 5.16 Å². The highest BCUT2D eigenvalue weighted by Crippen LogP contribution is 2.20. The predicted octanol–water partition coefficient (Wildman–Crippen LogP) is 3.25. The summed E-state index contributed by atoms with van der Waals surface area (Å²) in [5.41, 5.74) is 1.32. The number of carbonyl (C=O) groups excluding carboxylic acids is 1. The first-order valence-electron chi connectivity index (χ1n) is 7.16. The van der Waals surface area contributed by atoms with Gasteiger partial charge in [0.25, 0.3) is 0 Å². The summed E-state index contributed by atoms with van der Waals surface area (Å²) in [4.78, 5) is 12.0. The Morgan fingerprint density at radius 2 is 2.17 bits per heavy atom. The molecule has 1 amide bonds. The van der Waals surface area contributed by atoms with Crippen molar-refractivity contribution in [2.45, 2.75) is 24.8 Å². The van der Waals surface area contributed by atoms with Gasteiger partial charge < -0.3 is 9.88 Å². The normalized spacial score (nSPS) is 10.8. The molecule has 23 heavy (non-hydrogen) atoms. The van der Waals surface area contributed by atoms with E-state index in [1.165, 1.54) is 23.9 Å². The molecule has 0 saturated carbocycles. The standard InChI is InChI=1S/C15H19FN4OS2/c1-4-22-8-13-18-19-15(20(13)3)23-9-14(21)17-12-7-11(16)6-5-10(12)2/h5-7H,4,8-9H2,1-3H3,(H,17,21). The number of hydrogen-bond acceptors (Lipinski definition) is 5. The predicted molar refractivity (Wildman–Crippen MR) is 93.3 cm³/mol. The molecule has 0 bridgehead atoms. The average Bonchev–Trinajstić information content (AvgIpc) is 2.87. The van der Waals surface area contributed by atoms with Crippen LogP contribution in [0.15, 0.2) is 23.4 Å². The maximum atomic E-state index is 13.2. The van der Waals surface area contributed by atoms with E-state index < -0.39 is 0 Å². The molecular formula is C15H19FN4OS2. The van der Waals surface area contributed by atoms with Crippen LogP contribution in [0.3, 0.4) is 0 Å². The molecule has 1 N–H and O–H groups in total. The lowest BCUT2D eigenvalue weighted by molar-refractivity contribution is -0.113. The summed E-state index contributed by atoms with van der Waals surface area (Å²) >= 11 is 3.08. The summed E-state index contributed by atoms with van der Waals surface area (Å²) in [6.07, 6.45) is 0. The molecule has 0 aliphatic rings. The molecule has 0 unspecified atom stereocenters. The lowest BCUT2D eigenvalue weighted by Crippen LogP contribution is -2.15. The van der Waals surface area contributed by atoms with Crippen molar-refractivity contribution in [3.8, 4) is 0 Å². The molecular weight excluding hydrogens is 335 g/mol. The third-order valence-corrected chi connectivity index (χ3v) is 5.06. The molecule has 0 fully saturated rings. The second-order valence-corrected chi connectivity index (χ2v) is 7.11. The van der Waals surface area contributed by atoms with Crippen molar-refractivity contribution >= 4 is 35.1 Å². The molecule has 1 aromatic carbocycles. The van der Waals surface area contributed by atoms with Crippen LogP contribution in [0.4, 0.5) is 10.1 Å². The maximum Gasteiger partial charge on any atom is 0.234 e. The number of nitrogens with one attached hydrogen (secondary N) is 1. The number of rotatable bonds is 7. The Labute approximate surface area is 143 Å². The molecule has 2 aromatic rings. The highest BCUT2D eigenvalue weighted by Gasteiger charge is 2.12. The quantitative estimate of drug-likeness (QED) is 0.774. The van der Waals surface area contributed by atoms with Gasteiger partial charge >= 0.3 is 0 Å². The van der Waals surface area contributed by atoms with Gasteiger partial charge in [-0.2, -0.15) is 11.8 Å². The Hall–Kier alpha value is -1.54. The summed E-state index contributed by atoms with van der Waals surface area (Å²) in [6, 6.07) is 4.33. The van der Waals surface area contributed by atoms with E-state index in [9.17, 15) is 9.18 Å². The molecule has 124 valence electrons. The van der Waals surface area contributed by atoms with Crippen LogP contribution in [0.2, 0.25) is 0 Å². The molecule has 0 saturated heterocycles. The van der Waals surface area contributed by atoms with Gasteiger partial charge in [-0.15, -0.1) is 10.2 Å².